The molecule has 1 aliphatic carbocycles. The molecule has 122 valence electrons. The van der Waals surface area contributed by atoms with Crippen LogP contribution in [-0.2, 0) is 6.54 Å². The molecular formula is C18H23N3O2. The van der Waals surface area contributed by atoms with Crippen LogP contribution >= 0.6 is 0 Å². The second kappa shape index (κ2) is 6.86. The summed E-state index contributed by atoms with van der Waals surface area (Å²) in [7, 11) is 1.61. The minimum Gasteiger partial charge on any atom is -0.497 e. The first-order chi connectivity index (χ1) is 11.2. The smallest absolute Gasteiger partial charge is 0.251 e. The monoisotopic (exact) mass is 313 g/mol. The fourth-order valence-electron chi connectivity index (χ4n) is 2.89. The number of methoxy groups -OCH3 is 1. The van der Waals surface area contributed by atoms with Gasteiger partial charge < -0.3 is 14.6 Å². The van der Waals surface area contributed by atoms with Crippen molar-refractivity contribution in [3.8, 4) is 5.75 Å². The van der Waals surface area contributed by atoms with Gasteiger partial charge in [-0.1, -0.05) is 6.42 Å². The Kier molecular flexibility index (Phi) is 4.65. The summed E-state index contributed by atoms with van der Waals surface area (Å²) in [5.41, 5.74) is 1.80. The lowest BCUT2D eigenvalue weighted by Gasteiger charge is -2.26. The number of nitrogens with zero attached hydrogens (tertiary/aromatic N) is 2. The average Bonchev–Trinajstić information content (AvgIpc) is 2.87. The Balaban J connectivity index is 1.56. The van der Waals surface area contributed by atoms with Gasteiger partial charge in [0.1, 0.15) is 11.6 Å². The van der Waals surface area contributed by atoms with Crippen LogP contribution in [0.25, 0.3) is 0 Å². The maximum absolute atomic E-state index is 12.2. The van der Waals surface area contributed by atoms with Crippen molar-refractivity contribution in [2.24, 2.45) is 0 Å². The first kappa shape index (κ1) is 15.6. The molecule has 3 rings (SSSR count). The molecule has 5 nitrogen and oxygen atoms in total. The highest BCUT2D eigenvalue weighted by atomic mass is 16.5. The minimum atomic E-state index is -0.0596. The quantitative estimate of drug-likeness (QED) is 0.892. The summed E-state index contributed by atoms with van der Waals surface area (Å²) in [4.78, 5) is 16.7. The topological polar surface area (TPSA) is 56.1 Å². The second-order valence-corrected chi connectivity index (χ2v) is 6.02. The van der Waals surface area contributed by atoms with E-state index in [1.54, 1.807) is 31.4 Å². The van der Waals surface area contributed by atoms with Crippen LogP contribution in [0.4, 0.5) is 0 Å². The van der Waals surface area contributed by atoms with Gasteiger partial charge in [0.2, 0.25) is 0 Å². The lowest BCUT2D eigenvalue weighted by atomic mass is 9.85. The number of hydrogen-bond acceptors (Lipinski definition) is 3. The summed E-state index contributed by atoms with van der Waals surface area (Å²) in [6, 6.07) is 7.14. The first-order valence-electron chi connectivity index (χ1n) is 8.13. The molecule has 0 aliphatic heterocycles. The van der Waals surface area contributed by atoms with Crippen molar-refractivity contribution in [3.05, 3.63) is 47.5 Å². The molecule has 1 amide bonds. The standard InChI is InChI=1S/C18H23N3O2/c1-13-12-20-17(14-4-3-5-14)21(13)11-10-19-18(22)15-6-8-16(23-2)9-7-15/h6-9,12,14H,3-5,10-11H2,1-2H3,(H,19,22). The predicted octanol–water partition coefficient (Wildman–Crippen LogP) is 2.90. The highest BCUT2D eigenvalue weighted by molar-refractivity contribution is 5.94. The van der Waals surface area contributed by atoms with Gasteiger partial charge in [0, 0.05) is 36.5 Å². The van der Waals surface area contributed by atoms with E-state index in [4.69, 9.17) is 4.74 Å². The molecular weight excluding hydrogens is 290 g/mol. The van der Waals surface area contributed by atoms with Gasteiger partial charge in [-0.15, -0.1) is 0 Å². The average molecular weight is 313 g/mol. The third-order valence-electron chi connectivity index (χ3n) is 4.53. The number of imidazole rings is 1. The number of hydrogen-bond donors (Lipinski definition) is 1. The number of rotatable bonds is 6. The number of nitrogens with one attached hydrogen (secondary N) is 1. The van der Waals surface area contributed by atoms with E-state index in [1.807, 2.05) is 6.20 Å². The fourth-order valence-corrected chi connectivity index (χ4v) is 2.89. The van der Waals surface area contributed by atoms with E-state index in [-0.39, 0.29) is 5.91 Å². The van der Waals surface area contributed by atoms with Crippen LogP contribution in [-0.4, -0.2) is 29.1 Å². The molecule has 0 radical (unpaired) electrons. The summed E-state index contributed by atoms with van der Waals surface area (Å²) < 4.78 is 7.34. The van der Waals surface area contributed by atoms with Gasteiger partial charge in [-0.25, -0.2) is 4.98 Å². The molecule has 0 saturated heterocycles. The molecule has 1 heterocycles. The third-order valence-corrected chi connectivity index (χ3v) is 4.53. The molecule has 5 heteroatoms. The molecule has 1 aromatic carbocycles. The van der Waals surface area contributed by atoms with E-state index in [0.29, 0.717) is 18.0 Å². The van der Waals surface area contributed by atoms with Crippen molar-refractivity contribution in [2.75, 3.05) is 13.7 Å². The highest BCUT2D eigenvalue weighted by Crippen LogP contribution is 2.35. The Hall–Kier alpha value is -2.30. The molecule has 1 fully saturated rings. The summed E-state index contributed by atoms with van der Waals surface area (Å²) in [6.07, 6.45) is 5.69. The zero-order valence-electron chi connectivity index (χ0n) is 13.7. The molecule has 1 N–H and O–H groups in total. The molecule has 1 aliphatic rings. The van der Waals surface area contributed by atoms with Gasteiger partial charge in [0.15, 0.2) is 0 Å². The molecule has 0 bridgehead atoms. The Labute approximate surface area is 136 Å². The van der Waals surface area contributed by atoms with Gasteiger partial charge in [0.25, 0.3) is 5.91 Å². The maximum atomic E-state index is 12.2. The summed E-state index contributed by atoms with van der Waals surface area (Å²) in [5, 5.41) is 2.98. The lowest BCUT2D eigenvalue weighted by molar-refractivity contribution is 0.0952. The van der Waals surface area contributed by atoms with Crippen molar-refractivity contribution < 1.29 is 9.53 Å². The molecule has 1 saturated carbocycles. The molecule has 0 unspecified atom stereocenters. The van der Waals surface area contributed by atoms with Crippen molar-refractivity contribution in [1.82, 2.24) is 14.9 Å². The van der Waals surface area contributed by atoms with E-state index >= 15 is 0 Å². The molecule has 1 aromatic heterocycles. The predicted molar refractivity (Wildman–Crippen MR) is 88.9 cm³/mol. The van der Waals surface area contributed by atoms with Gasteiger partial charge in [-0.3, -0.25) is 4.79 Å². The van der Waals surface area contributed by atoms with Gasteiger partial charge in [-0.05, 0) is 44.0 Å². The van der Waals surface area contributed by atoms with E-state index < -0.39 is 0 Å². The number of carbonyl (C=O) groups excluding carboxylic acids is 1. The van der Waals surface area contributed by atoms with Gasteiger partial charge >= 0.3 is 0 Å². The van der Waals surface area contributed by atoms with Crippen LogP contribution in [0.5, 0.6) is 5.75 Å². The van der Waals surface area contributed by atoms with Crippen molar-refractivity contribution in [3.63, 3.8) is 0 Å². The Bertz CT molecular complexity index is 672. The van der Waals surface area contributed by atoms with Crippen LogP contribution in [0.1, 0.15) is 47.1 Å². The number of aryl methyl sites for hydroxylation is 1. The zero-order chi connectivity index (χ0) is 16.2. The molecule has 0 atom stereocenters. The zero-order valence-corrected chi connectivity index (χ0v) is 13.7. The minimum absolute atomic E-state index is 0.0596. The van der Waals surface area contributed by atoms with Gasteiger partial charge in [0.05, 0.1) is 7.11 Å². The first-order valence-corrected chi connectivity index (χ1v) is 8.13. The number of carbonyl (C=O) groups is 1. The van der Waals surface area contributed by atoms with E-state index in [1.165, 1.54) is 25.1 Å². The van der Waals surface area contributed by atoms with Crippen LogP contribution in [0.3, 0.4) is 0 Å². The summed E-state index contributed by atoms with van der Waals surface area (Å²) in [6.45, 7) is 3.43. The number of benzene rings is 1. The molecule has 23 heavy (non-hydrogen) atoms. The number of ether oxygens (including phenoxy) is 1. The SMILES string of the molecule is COc1ccc(C(=O)NCCn2c(C)cnc2C2CCC2)cc1. The normalized spacial score (nSPS) is 14.3. The van der Waals surface area contributed by atoms with Crippen LogP contribution in [0, 0.1) is 6.92 Å². The number of amides is 1. The largest absolute Gasteiger partial charge is 0.497 e. The summed E-state index contributed by atoms with van der Waals surface area (Å²) in [5.74, 6) is 2.46. The van der Waals surface area contributed by atoms with Crippen LogP contribution in [0.15, 0.2) is 30.5 Å². The Morgan fingerprint density at radius 1 is 1.35 bits per heavy atom. The van der Waals surface area contributed by atoms with Crippen molar-refractivity contribution in [2.45, 2.75) is 38.6 Å². The lowest BCUT2D eigenvalue weighted by Crippen LogP contribution is -2.28. The fraction of sp³-hybridized carbons (Fsp3) is 0.444. The van der Waals surface area contributed by atoms with Crippen LogP contribution in [0.2, 0.25) is 0 Å². The number of aromatic nitrogens is 2. The van der Waals surface area contributed by atoms with Crippen LogP contribution < -0.4 is 10.1 Å². The van der Waals surface area contributed by atoms with E-state index in [9.17, 15) is 4.79 Å². The van der Waals surface area contributed by atoms with Crippen molar-refractivity contribution in [1.29, 1.82) is 0 Å². The Morgan fingerprint density at radius 3 is 2.70 bits per heavy atom. The molecule has 2 aromatic rings. The van der Waals surface area contributed by atoms with E-state index in [2.05, 4.69) is 21.8 Å². The molecule has 0 spiro atoms. The van der Waals surface area contributed by atoms with E-state index in [0.717, 1.165) is 18.0 Å². The highest BCUT2D eigenvalue weighted by Gasteiger charge is 2.24. The summed E-state index contributed by atoms with van der Waals surface area (Å²) >= 11 is 0. The second-order valence-electron chi connectivity index (χ2n) is 6.02. The third kappa shape index (κ3) is 3.38. The maximum Gasteiger partial charge on any atom is 0.251 e. The van der Waals surface area contributed by atoms with Gasteiger partial charge in [-0.2, -0.15) is 0 Å². The van der Waals surface area contributed by atoms with Crippen molar-refractivity contribution >= 4 is 5.91 Å². The Morgan fingerprint density at radius 2 is 2.09 bits per heavy atom.